The summed E-state index contributed by atoms with van der Waals surface area (Å²) in [4.78, 5) is 0. The summed E-state index contributed by atoms with van der Waals surface area (Å²) in [6.07, 6.45) is 4.24. The highest BCUT2D eigenvalue weighted by Gasteiger charge is 2.51. The van der Waals surface area contributed by atoms with Gasteiger partial charge in [-0.2, -0.15) is 0 Å². The monoisotopic (exact) mass is 210 g/mol. The van der Waals surface area contributed by atoms with Gasteiger partial charge in [-0.1, -0.05) is 19.9 Å². The first-order valence-corrected chi connectivity index (χ1v) is 5.88. The van der Waals surface area contributed by atoms with E-state index >= 15 is 0 Å². The molecular formula is C12H23BO2. The zero-order chi connectivity index (χ0) is 11.7. The van der Waals surface area contributed by atoms with Crippen LogP contribution in [0.4, 0.5) is 0 Å². The van der Waals surface area contributed by atoms with Crippen LogP contribution in [0.1, 0.15) is 54.4 Å². The largest absolute Gasteiger partial charge is 0.490 e. The molecule has 0 aromatic heterocycles. The lowest BCUT2D eigenvalue weighted by Crippen LogP contribution is -2.41. The summed E-state index contributed by atoms with van der Waals surface area (Å²) in [5.41, 5.74) is 0.815. The van der Waals surface area contributed by atoms with Crippen LogP contribution < -0.4 is 0 Å². The third-order valence-electron chi connectivity index (χ3n) is 3.43. The van der Waals surface area contributed by atoms with Crippen molar-refractivity contribution < 1.29 is 9.31 Å². The maximum absolute atomic E-state index is 5.98. The fourth-order valence-electron chi connectivity index (χ4n) is 1.66. The van der Waals surface area contributed by atoms with Gasteiger partial charge >= 0.3 is 7.12 Å². The van der Waals surface area contributed by atoms with Crippen molar-refractivity contribution in [3.05, 3.63) is 11.5 Å². The first kappa shape index (κ1) is 12.8. The Morgan fingerprint density at radius 2 is 1.53 bits per heavy atom. The fourth-order valence-corrected chi connectivity index (χ4v) is 1.66. The lowest BCUT2D eigenvalue weighted by atomic mass is 9.76. The van der Waals surface area contributed by atoms with Crippen LogP contribution in [0.2, 0.25) is 0 Å². The average Bonchev–Trinajstić information content (AvgIpc) is 2.32. The minimum absolute atomic E-state index is 0.153. The highest BCUT2D eigenvalue weighted by atomic mass is 16.7. The standard InChI is InChI=1S/C12H23BO2/c1-7-9-10(8-2)13-14-11(3,4)12(5,6)15-13/h9H,7-8H2,1-6H3/b10-9-. The van der Waals surface area contributed by atoms with E-state index in [9.17, 15) is 0 Å². The van der Waals surface area contributed by atoms with Crippen LogP contribution in [0.5, 0.6) is 0 Å². The Hall–Kier alpha value is -0.275. The topological polar surface area (TPSA) is 18.5 Å². The second-order valence-corrected chi connectivity index (χ2v) is 5.13. The molecule has 1 rings (SSSR count). The molecule has 0 atom stereocenters. The minimum atomic E-state index is -0.223. The van der Waals surface area contributed by atoms with Gasteiger partial charge in [0.25, 0.3) is 0 Å². The van der Waals surface area contributed by atoms with Crippen LogP contribution in [0.15, 0.2) is 11.5 Å². The molecule has 3 heteroatoms. The molecule has 0 unspecified atom stereocenters. The molecule has 0 bridgehead atoms. The van der Waals surface area contributed by atoms with Gasteiger partial charge in [0.05, 0.1) is 11.2 Å². The van der Waals surface area contributed by atoms with Crippen LogP contribution in [0, 0.1) is 0 Å². The van der Waals surface area contributed by atoms with Crippen molar-refractivity contribution in [3.8, 4) is 0 Å². The van der Waals surface area contributed by atoms with Crippen LogP contribution in [0.3, 0.4) is 0 Å². The summed E-state index contributed by atoms with van der Waals surface area (Å²) < 4.78 is 12.0. The molecule has 1 fully saturated rings. The number of hydrogen-bond donors (Lipinski definition) is 0. The van der Waals surface area contributed by atoms with Gasteiger partial charge in [-0.3, -0.25) is 0 Å². The van der Waals surface area contributed by atoms with E-state index in [1.54, 1.807) is 0 Å². The Labute approximate surface area is 94.2 Å². The average molecular weight is 210 g/mol. The van der Waals surface area contributed by atoms with Crippen molar-refractivity contribution in [1.29, 1.82) is 0 Å². The molecule has 0 aromatic rings. The zero-order valence-corrected chi connectivity index (χ0v) is 10.9. The van der Waals surface area contributed by atoms with Crippen molar-refractivity contribution in [3.63, 3.8) is 0 Å². The first-order valence-electron chi connectivity index (χ1n) is 5.88. The quantitative estimate of drug-likeness (QED) is 0.665. The van der Waals surface area contributed by atoms with Gasteiger partial charge in [-0.25, -0.2) is 0 Å². The van der Waals surface area contributed by atoms with Gasteiger partial charge in [0.1, 0.15) is 0 Å². The predicted molar refractivity (Wildman–Crippen MR) is 64.7 cm³/mol. The summed E-state index contributed by atoms with van der Waals surface area (Å²) in [5, 5.41) is 0. The summed E-state index contributed by atoms with van der Waals surface area (Å²) in [5.74, 6) is 0. The Balaban J connectivity index is 2.82. The van der Waals surface area contributed by atoms with Crippen molar-refractivity contribution in [2.24, 2.45) is 0 Å². The Kier molecular flexibility index (Phi) is 3.67. The van der Waals surface area contributed by atoms with Crippen LogP contribution in [-0.2, 0) is 9.31 Å². The molecule has 0 amide bonds. The van der Waals surface area contributed by atoms with E-state index in [0.717, 1.165) is 12.8 Å². The molecule has 2 nitrogen and oxygen atoms in total. The summed E-state index contributed by atoms with van der Waals surface area (Å²) in [6, 6.07) is 0. The van der Waals surface area contributed by atoms with Crippen molar-refractivity contribution >= 4 is 7.12 Å². The second-order valence-electron chi connectivity index (χ2n) is 5.13. The van der Waals surface area contributed by atoms with Gasteiger partial charge in [0, 0.05) is 0 Å². The lowest BCUT2D eigenvalue weighted by molar-refractivity contribution is 0.00578. The van der Waals surface area contributed by atoms with E-state index in [1.807, 2.05) is 0 Å². The molecule has 0 aliphatic carbocycles. The predicted octanol–water partition coefficient (Wildman–Crippen LogP) is 3.36. The normalized spacial score (nSPS) is 24.7. The van der Waals surface area contributed by atoms with Gasteiger partial charge < -0.3 is 9.31 Å². The van der Waals surface area contributed by atoms with Crippen LogP contribution >= 0.6 is 0 Å². The third-order valence-corrected chi connectivity index (χ3v) is 3.43. The molecule has 1 aliphatic heterocycles. The van der Waals surface area contributed by atoms with Crippen LogP contribution in [0.25, 0.3) is 0 Å². The van der Waals surface area contributed by atoms with Crippen molar-refractivity contribution in [2.45, 2.75) is 65.6 Å². The third kappa shape index (κ3) is 2.45. The van der Waals surface area contributed by atoms with Gasteiger partial charge in [0.15, 0.2) is 0 Å². The highest BCUT2D eigenvalue weighted by Crippen LogP contribution is 2.38. The summed E-state index contributed by atoms with van der Waals surface area (Å²) >= 11 is 0. The molecule has 0 saturated carbocycles. The number of rotatable bonds is 3. The van der Waals surface area contributed by atoms with E-state index in [1.165, 1.54) is 5.47 Å². The molecule has 1 saturated heterocycles. The molecule has 0 aromatic carbocycles. The van der Waals surface area contributed by atoms with E-state index < -0.39 is 0 Å². The van der Waals surface area contributed by atoms with Gasteiger partial charge in [-0.15, -0.1) is 0 Å². The van der Waals surface area contributed by atoms with Crippen LogP contribution in [-0.4, -0.2) is 18.3 Å². The highest BCUT2D eigenvalue weighted by molar-refractivity contribution is 6.54. The molecule has 15 heavy (non-hydrogen) atoms. The van der Waals surface area contributed by atoms with E-state index in [2.05, 4.69) is 47.6 Å². The summed E-state index contributed by atoms with van der Waals surface area (Å²) in [6.45, 7) is 12.6. The fraction of sp³-hybridized carbons (Fsp3) is 0.833. The maximum atomic E-state index is 5.98. The molecular weight excluding hydrogens is 187 g/mol. The lowest BCUT2D eigenvalue weighted by Gasteiger charge is -2.32. The molecule has 0 N–H and O–H groups in total. The molecule has 1 heterocycles. The minimum Gasteiger partial charge on any atom is -0.400 e. The molecule has 1 aliphatic rings. The van der Waals surface area contributed by atoms with E-state index in [0.29, 0.717) is 0 Å². The summed E-state index contributed by atoms with van der Waals surface area (Å²) in [7, 11) is -0.153. The maximum Gasteiger partial charge on any atom is 0.490 e. The Bertz CT molecular complexity index is 240. The van der Waals surface area contributed by atoms with Crippen molar-refractivity contribution in [1.82, 2.24) is 0 Å². The molecule has 0 spiro atoms. The zero-order valence-electron chi connectivity index (χ0n) is 10.9. The first-order chi connectivity index (χ1) is 6.84. The van der Waals surface area contributed by atoms with Gasteiger partial charge in [0.2, 0.25) is 0 Å². The molecule has 86 valence electrons. The SMILES string of the molecule is CC/C=C(/CC)B1OC(C)(C)C(C)(C)O1. The van der Waals surface area contributed by atoms with Gasteiger partial charge in [-0.05, 0) is 46.0 Å². The smallest absolute Gasteiger partial charge is 0.400 e. The van der Waals surface area contributed by atoms with Crippen molar-refractivity contribution in [2.75, 3.05) is 0 Å². The van der Waals surface area contributed by atoms with E-state index in [4.69, 9.17) is 9.31 Å². The number of allylic oxidation sites excluding steroid dienone is 2. The molecule has 0 radical (unpaired) electrons. The Morgan fingerprint density at radius 3 is 1.87 bits per heavy atom. The second kappa shape index (κ2) is 4.30. The Morgan fingerprint density at radius 1 is 1.07 bits per heavy atom. The number of hydrogen-bond acceptors (Lipinski definition) is 2. The van der Waals surface area contributed by atoms with E-state index in [-0.39, 0.29) is 18.3 Å².